The van der Waals surface area contributed by atoms with Crippen LogP contribution in [0.15, 0.2) is 70.1 Å². The van der Waals surface area contributed by atoms with E-state index in [-0.39, 0.29) is 12.3 Å². The molecule has 0 spiro atoms. The van der Waals surface area contributed by atoms with Crippen LogP contribution < -0.4 is 15.8 Å². The minimum atomic E-state index is -0.411. The monoisotopic (exact) mass is 420 g/mol. The second-order valence-corrected chi connectivity index (χ2v) is 7.26. The highest BCUT2D eigenvalue weighted by atomic mass is 16.5. The number of imidazole rings is 1. The van der Waals surface area contributed by atoms with E-state index in [1.807, 2.05) is 60.3 Å². The lowest BCUT2D eigenvalue weighted by Crippen LogP contribution is -2.31. The summed E-state index contributed by atoms with van der Waals surface area (Å²) in [5.74, 6) is 0.942. The summed E-state index contributed by atoms with van der Waals surface area (Å²) in [5, 5.41) is 3.07. The van der Waals surface area contributed by atoms with Crippen molar-refractivity contribution in [3.05, 3.63) is 82.9 Å². The molecule has 0 aliphatic carbocycles. The van der Waals surface area contributed by atoms with E-state index in [0.717, 1.165) is 22.7 Å². The van der Waals surface area contributed by atoms with Gasteiger partial charge in [0.25, 0.3) is 0 Å². The molecule has 0 saturated heterocycles. The zero-order chi connectivity index (χ0) is 21.8. The van der Waals surface area contributed by atoms with Crippen LogP contribution in [0.1, 0.15) is 30.3 Å². The highest BCUT2D eigenvalue weighted by molar-refractivity contribution is 5.77. The van der Waals surface area contributed by atoms with Gasteiger partial charge < -0.3 is 19.0 Å². The van der Waals surface area contributed by atoms with E-state index in [4.69, 9.17) is 9.15 Å². The lowest BCUT2D eigenvalue weighted by Gasteiger charge is -2.19. The third kappa shape index (κ3) is 4.37. The number of oxazole rings is 1. The molecule has 160 valence electrons. The second-order valence-electron chi connectivity index (χ2n) is 7.26. The van der Waals surface area contributed by atoms with E-state index in [0.29, 0.717) is 18.5 Å². The first kappa shape index (κ1) is 20.5. The van der Waals surface area contributed by atoms with E-state index < -0.39 is 11.8 Å². The van der Waals surface area contributed by atoms with Gasteiger partial charge in [-0.25, -0.2) is 9.78 Å². The number of fused-ring (bicyclic) bond motifs is 1. The normalized spacial score (nSPS) is 12.1. The number of methoxy groups -OCH3 is 1. The van der Waals surface area contributed by atoms with Crippen molar-refractivity contribution in [2.75, 3.05) is 7.11 Å². The summed E-state index contributed by atoms with van der Waals surface area (Å²) in [4.78, 5) is 29.3. The molecule has 2 heterocycles. The fraction of sp³-hybridized carbons (Fsp3) is 0.261. The maximum absolute atomic E-state index is 12.7. The van der Waals surface area contributed by atoms with E-state index in [1.165, 1.54) is 0 Å². The van der Waals surface area contributed by atoms with Crippen molar-refractivity contribution >= 4 is 17.0 Å². The minimum absolute atomic E-state index is 0.121. The predicted octanol–water partition coefficient (Wildman–Crippen LogP) is 3.02. The number of aryl methyl sites for hydroxylation is 2. The molecule has 8 nitrogen and oxygen atoms in total. The summed E-state index contributed by atoms with van der Waals surface area (Å²) >= 11 is 0. The van der Waals surface area contributed by atoms with Gasteiger partial charge in [-0.15, -0.1) is 0 Å². The number of carbonyl (C=O) groups is 1. The number of hydrogen-bond acceptors (Lipinski definition) is 5. The maximum Gasteiger partial charge on any atom is 0.419 e. The molecule has 0 aliphatic rings. The average Bonchev–Trinajstić information content (AvgIpc) is 3.34. The molecule has 0 saturated carbocycles. The van der Waals surface area contributed by atoms with Crippen molar-refractivity contribution in [1.29, 1.82) is 0 Å². The van der Waals surface area contributed by atoms with Gasteiger partial charge in [0.05, 0.1) is 12.6 Å². The first-order valence-electron chi connectivity index (χ1n) is 10.1. The van der Waals surface area contributed by atoms with Crippen LogP contribution >= 0.6 is 0 Å². The molecule has 4 aromatic rings. The Morgan fingerprint density at radius 3 is 2.68 bits per heavy atom. The van der Waals surface area contributed by atoms with Crippen LogP contribution in [0.2, 0.25) is 0 Å². The van der Waals surface area contributed by atoms with Gasteiger partial charge in [0, 0.05) is 32.4 Å². The third-order valence-electron chi connectivity index (χ3n) is 5.23. The third-order valence-corrected chi connectivity index (χ3v) is 5.23. The number of carbonyl (C=O) groups excluding carboxylic acids is 1. The minimum Gasteiger partial charge on any atom is -0.497 e. The van der Waals surface area contributed by atoms with Gasteiger partial charge in [-0.05, 0) is 36.2 Å². The first-order valence-corrected chi connectivity index (χ1v) is 10.1. The summed E-state index contributed by atoms with van der Waals surface area (Å²) in [5.41, 5.74) is 2.18. The topological polar surface area (TPSA) is 91.3 Å². The van der Waals surface area contributed by atoms with Gasteiger partial charge in [0.2, 0.25) is 5.91 Å². The van der Waals surface area contributed by atoms with Crippen molar-refractivity contribution in [1.82, 2.24) is 19.4 Å². The fourth-order valence-corrected chi connectivity index (χ4v) is 3.61. The summed E-state index contributed by atoms with van der Waals surface area (Å²) in [6, 6.07) is 14.4. The summed E-state index contributed by atoms with van der Waals surface area (Å²) in [7, 11) is 3.50. The highest BCUT2D eigenvalue weighted by Crippen LogP contribution is 2.23. The van der Waals surface area contributed by atoms with Crippen LogP contribution in [0, 0.1) is 0 Å². The molecule has 4 rings (SSSR count). The quantitative estimate of drug-likeness (QED) is 0.473. The SMILES string of the molecule is COc1ccc([C@@H](NC(=O)CCCn2c(=O)oc3ccccc32)c2nccn2C)cc1. The molecule has 2 aromatic heterocycles. The number of para-hydroxylation sites is 2. The predicted molar refractivity (Wildman–Crippen MR) is 116 cm³/mol. The second kappa shape index (κ2) is 8.91. The molecule has 1 atom stereocenters. The molecule has 0 unspecified atom stereocenters. The molecular weight excluding hydrogens is 396 g/mol. The van der Waals surface area contributed by atoms with E-state index >= 15 is 0 Å². The largest absolute Gasteiger partial charge is 0.497 e. The average molecular weight is 420 g/mol. The van der Waals surface area contributed by atoms with Gasteiger partial charge in [-0.1, -0.05) is 24.3 Å². The number of rotatable bonds is 8. The van der Waals surface area contributed by atoms with E-state index in [2.05, 4.69) is 10.3 Å². The van der Waals surface area contributed by atoms with Crippen molar-refractivity contribution in [3.63, 3.8) is 0 Å². The van der Waals surface area contributed by atoms with Gasteiger partial charge in [0.15, 0.2) is 5.58 Å². The van der Waals surface area contributed by atoms with Gasteiger partial charge >= 0.3 is 5.76 Å². The molecule has 0 aliphatic heterocycles. The lowest BCUT2D eigenvalue weighted by molar-refractivity contribution is -0.121. The first-order chi connectivity index (χ1) is 15.1. The van der Waals surface area contributed by atoms with Crippen LogP contribution in [0.25, 0.3) is 11.1 Å². The number of nitrogens with zero attached hydrogens (tertiary/aromatic N) is 3. The lowest BCUT2D eigenvalue weighted by atomic mass is 10.1. The van der Waals surface area contributed by atoms with Crippen molar-refractivity contribution in [2.45, 2.75) is 25.4 Å². The van der Waals surface area contributed by atoms with E-state index in [9.17, 15) is 9.59 Å². The van der Waals surface area contributed by atoms with Crippen LogP contribution in [0.5, 0.6) is 5.75 Å². The standard InChI is InChI=1S/C23H24N4O4/c1-26-15-13-24-22(26)21(16-9-11-17(30-2)12-10-16)25-20(28)8-5-14-27-18-6-3-4-7-19(18)31-23(27)29/h3-4,6-7,9-13,15,21H,5,8,14H2,1-2H3,(H,25,28)/t21-/m1/s1. The number of amides is 1. The zero-order valence-electron chi connectivity index (χ0n) is 17.4. The number of ether oxygens (including phenoxy) is 1. The highest BCUT2D eigenvalue weighted by Gasteiger charge is 2.21. The van der Waals surface area contributed by atoms with Crippen LogP contribution in [-0.4, -0.2) is 27.1 Å². The summed E-state index contributed by atoms with van der Waals surface area (Å²) < 4.78 is 13.9. The van der Waals surface area contributed by atoms with Gasteiger partial charge in [0.1, 0.15) is 17.6 Å². The Balaban J connectivity index is 1.45. The van der Waals surface area contributed by atoms with Crippen molar-refractivity contribution < 1.29 is 13.9 Å². The molecule has 2 aromatic carbocycles. The fourth-order valence-electron chi connectivity index (χ4n) is 3.61. The van der Waals surface area contributed by atoms with Crippen molar-refractivity contribution in [2.24, 2.45) is 7.05 Å². The zero-order valence-corrected chi connectivity index (χ0v) is 17.4. The number of nitrogens with one attached hydrogen (secondary N) is 1. The van der Waals surface area contributed by atoms with Gasteiger partial charge in [-0.3, -0.25) is 9.36 Å². The van der Waals surface area contributed by atoms with Crippen LogP contribution in [0.4, 0.5) is 0 Å². The molecule has 0 radical (unpaired) electrons. The molecule has 1 amide bonds. The molecule has 0 fully saturated rings. The molecule has 8 heteroatoms. The van der Waals surface area contributed by atoms with E-state index in [1.54, 1.807) is 23.9 Å². The Hall–Kier alpha value is -3.81. The Bertz CT molecular complexity index is 1240. The van der Waals surface area contributed by atoms with Crippen LogP contribution in [0.3, 0.4) is 0 Å². The maximum atomic E-state index is 12.7. The van der Waals surface area contributed by atoms with Crippen molar-refractivity contribution in [3.8, 4) is 5.75 Å². The molecule has 31 heavy (non-hydrogen) atoms. The summed E-state index contributed by atoms with van der Waals surface area (Å²) in [6.45, 7) is 0.402. The Kier molecular flexibility index (Phi) is 5.88. The summed E-state index contributed by atoms with van der Waals surface area (Å²) in [6.07, 6.45) is 4.32. The van der Waals surface area contributed by atoms with Crippen LogP contribution in [-0.2, 0) is 18.4 Å². The van der Waals surface area contributed by atoms with Gasteiger partial charge in [-0.2, -0.15) is 0 Å². The number of aromatic nitrogens is 3. The number of benzene rings is 2. The Morgan fingerprint density at radius 2 is 1.97 bits per heavy atom. The Labute approximate surface area is 179 Å². The molecule has 0 bridgehead atoms. The smallest absolute Gasteiger partial charge is 0.419 e. The Morgan fingerprint density at radius 1 is 1.19 bits per heavy atom. The number of hydrogen-bond donors (Lipinski definition) is 1. The molecular formula is C23H24N4O4. The molecule has 1 N–H and O–H groups in total.